The van der Waals surface area contributed by atoms with E-state index in [9.17, 15) is 23.3 Å². The third-order valence-electron chi connectivity index (χ3n) is 5.68. The van der Waals surface area contributed by atoms with Gasteiger partial charge in [-0.1, -0.05) is 36.0 Å². The first-order valence-electron chi connectivity index (χ1n) is 10.5. The van der Waals surface area contributed by atoms with Crippen LogP contribution in [0.1, 0.15) is 22.3 Å². The van der Waals surface area contributed by atoms with Crippen molar-refractivity contribution in [3.05, 3.63) is 91.9 Å². The number of thioether (sulfide) groups is 1. The number of nitrogens with zero attached hydrogens (tertiary/aromatic N) is 1. The number of anilines is 1. The first-order valence-corrected chi connectivity index (χ1v) is 13.0. The van der Waals surface area contributed by atoms with Gasteiger partial charge in [-0.05, 0) is 66.4 Å². The topological polar surface area (TPSA) is 116 Å². The summed E-state index contributed by atoms with van der Waals surface area (Å²) in [6.07, 6.45) is 1.54. The van der Waals surface area contributed by atoms with Crippen LogP contribution >= 0.6 is 11.8 Å². The molecule has 1 aliphatic heterocycles. The van der Waals surface area contributed by atoms with Crippen LogP contribution in [0.2, 0.25) is 0 Å². The highest BCUT2D eigenvalue weighted by Gasteiger charge is 2.25. The number of benzene rings is 3. The zero-order valence-corrected chi connectivity index (χ0v) is 20.8. The maximum absolute atomic E-state index is 13.1. The van der Waals surface area contributed by atoms with Crippen molar-refractivity contribution in [1.82, 2.24) is 0 Å². The summed E-state index contributed by atoms with van der Waals surface area (Å²) < 4.78 is 31.3. The molecule has 0 aromatic heterocycles. The number of amides is 1. The van der Waals surface area contributed by atoms with Gasteiger partial charge in [-0.25, -0.2) is 8.42 Å². The van der Waals surface area contributed by atoms with Crippen LogP contribution < -0.4 is 10.1 Å². The normalized spacial score (nSPS) is 14.4. The smallest absolute Gasteiger partial charge is 0.311 e. The predicted molar refractivity (Wildman–Crippen MR) is 135 cm³/mol. The number of carbonyl (C=O) groups excluding carboxylic acids is 1. The molecule has 0 saturated heterocycles. The minimum absolute atomic E-state index is 0.123. The number of fused-ring (bicyclic) bond motifs is 1. The first kappa shape index (κ1) is 24.5. The van der Waals surface area contributed by atoms with Crippen molar-refractivity contribution < 1.29 is 22.9 Å². The van der Waals surface area contributed by atoms with Gasteiger partial charge in [0.15, 0.2) is 15.6 Å². The Bertz CT molecular complexity index is 1480. The molecule has 10 heteroatoms. The molecule has 3 aromatic carbocycles. The lowest BCUT2D eigenvalue weighted by atomic mass is 10.1. The van der Waals surface area contributed by atoms with Crippen LogP contribution in [0.4, 0.5) is 11.4 Å². The number of carbonyl (C=O) groups is 1. The van der Waals surface area contributed by atoms with Gasteiger partial charge in [0, 0.05) is 11.0 Å². The van der Waals surface area contributed by atoms with E-state index in [1.807, 2.05) is 32.0 Å². The quantitative estimate of drug-likeness (QED) is 0.272. The Morgan fingerprint density at radius 3 is 2.46 bits per heavy atom. The van der Waals surface area contributed by atoms with E-state index >= 15 is 0 Å². The monoisotopic (exact) mass is 510 g/mol. The highest BCUT2D eigenvalue weighted by molar-refractivity contribution is 8.04. The molecule has 180 valence electrons. The molecule has 0 fully saturated rings. The van der Waals surface area contributed by atoms with Gasteiger partial charge in [0.2, 0.25) is 0 Å². The fourth-order valence-corrected chi connectivity index (χ4v) is 6.28. The molecular formula is C25H22N2O6S2. The van der Waals surface area contributed by atoms with Gasteiger partial charge in [0.05, 0.1) is 33.3 Å². The van der Waals surface area contributed by atoms with E-state index in [0.29, 0.717) is 21.1 Å². The molecule has 1 amide bonds. The fraction of sp³-hybridized carbons (Fsp3) is 0.160. The highest BCUT2D eigenvalue weighted by Crippen LogP contribution is 2.41. The number of methoxy groups -OCH3 is 1. The number of nitro benzene ring substituents is 1. The molecule has 0 radical (unpaired) electrons. The molecule has 0 saturated carbocycles. The summed E-state index contributed by atoms with van der Waals surface area (Å²) in [7, 11) is -2.30. The van der Waals surface area contributed by atoms with Crippen molar-refractivity contribution >= 4 is 45.0 Å². The lowest BCUT2D eigenvalue weighted by Crippen LogP contribution is -2.18. The predicted octanol–water partition coefficient (Wildman–Crippen LogP) is 5.28. The zero-order chi connectivity index (χ0) is 25.3. The molecule has 3 aromatic rings. The number of hydrogen-bond acceptors (Lipinski definition) is 7. The summed E-state index contributed by atoms with van der Waals surface area (Å²) in [6, 6.07) is 14.7. The third-order valence-corrected chi connectivity index (χ3v) is 8.42. The number of nitrogens with one attached hydrogen (secondary N) is 1. The number of rotatable bonds is 6. The summed E-state index contributed by atoms with van der Waals surface area (Å²) in [6.45, 7) is 3.76. The Morgan fingerprint density at radius 1 is 1.09 bits per heavy atom. The standard InChI is InChI=1S/C25H22N2O6S2/c1-15-5-4-6-16(2)19(15)14-35(31,32)18-8-10-23-20(13-18)26-25(28)24(34-23)12-17-7-9-22(33-3)21(11-17)27(29)30/h4-13H,14H2,1-3H3,(H,26,28)/b24-12-. The summed E-state index contributed by atoms with van der Waals surface area (Å²) in [4.78, 5) is 24.6. The second-order valence-electron chi connectivity index (χ2n) is 8.04. The van der Waals surface area contributed by atoms with E-state index in [2.05, 4.69) is 5.32 Å². The van der Waals surface area contributed by atoms with Gasteiger partial charge in [-0.3, -0.25) is 14.9 Å². The van der Waals surface area contributed by atoms with E-state index < -0.39 is 20.7 Å². The van der Waals surface area contributed by atoms with Gasteiger partial charge >= 0.3 is 5.69 Å². The van der Waals surface area contributed by atoms with Crippen LogP contribution in [0.3, 0.4) is 0 Å². The fourth-order valence-electron chi connectivity index (χ4n) is 3.77. The Hall–Kier alpha value is -3.63. The lowest BCUT2D eigenvalue weighted by Gasteiger charge is -2.20. The molecular weight excluding hydrogens is 488 g/mol. The molecule has 35 heavy (non-hydrogen) atoms. The Balaban J connectivity index is 1.62. The van der Waals surface area contributed by atoms with Crippen molar-refractivity contribution in [3.63, 3.8) is 0 Å². The van der Waals surface area contributed by atoms with Gasteiger partial charge in [-0.15, -0.1) is 0 Å². The number of sulfone groups is 1. The van der Waals surface area contributed by atoms with Crippen molar-refractivity contribution in [1.29, 1.82) is 0 Å². The number of ether oxygens (including phenoxy) is 1. The maximum atomic E-state index is 13.1. The molecule has 0 aliphatic carbocycles. The molecule has 1 aliphatic rings. The van der Waals surface area contributed by atoms with Crippen molar-refractivity contribution in [2.45, 2.75) is 29.4 Å². The van der Waals surface area contributed by atoms with Gasteiger partial charge in [0.1, 0.15) is 0 Å². The van der Waals surface area contributed by atoms with Gasteiger partial charge < -0.3 is 10.1 Å². The molecule has 0 atom stereocenters. The molecule has 1 N–H and O–H groups in total. The summed E-state index contributed by atoms with van der Waals surface area (Å²) in [5.41, 5.74) is 3.24. The van der Waals surface area contributed by atoms with Crippen LogP contribution in [-0.4, -0.2) is 26.4 Å². The molecule has 8 nitrogen and oxygen atoms in total. The number of hydrogen-bond donors (Lipinski definition) is 1. The molecule has 4 rings (SSSR count). The SMILES string of the molecule is COc1ccc(/C=C2\Sc3ccc(S(=O)(=O)Cc4c(C)cccc4C)cc3NC2=O)cc1[N+](=O)[O-]. The number of aryl methyl sites for hydroxylation is 2. The van der Waals surface area contributed by atoms with Crippen LogP contribution in [0.25, 0.3) is 6.08 Å². The summed E-state index contributed by atoms with van der Waals surface area (Å²) >= 11 is 1.17. The van der Waals surface area contributed by atoms with Gasteiger partial charge in [-0.2, -0.15) is 0 Å². The number of nitro groups is 1. The van der Waals surface area contributed by atoms with E-state index in [0.717, 1.165) is 16.7 Å². The largest absolute Gasteiger partial charge is 0.490 e. The Labute approximate surface area is 207 Å². The maximum Gasteiger partial charge on any atom is 0.311 e. The van der Waals surface area contributed by atoms with E-state index in [-0.39, 0.29) is 22.1 Å². The average Bonchev–Trinajstić information content (AvgIpc) is 2.81. The summed E-state index contributed by atoms with van der Waals surface area (Å²) in [5, 5.41) is 14.0. The zero-order valence-electron chi connectivity index (χ0n) is 19.2. The van der Waals surface area contributed by atoms with E-state index in [4.69, 9.17) is 4.74 Å². The highest BCUT2D eigenvalue weighted by atomic mass is 32.2. The lowest BCUT2D eigenvalue weighted by molar-refractivity contribution is -0.385. The van der Waals surface area contributed by atoms with Crippen molar-refractivity contribution in [2.24, 2.45) is 0 Å². The molecule has 0 bridgehead atoms. The Kier molecular flexibility index (Phi) is 6.68. The minimum atomic E-state index is -3.64. The Morgan fingerprint density at radius 2 is 1.80 bits per heavy atom. The second-order valence-corrected chi connectivity index (χ2v) is 11.1. The van der Waals surface area contributed by atoms with Crippen molar-refractivity contribution in [2.75, 3.05) is 12.4 Å². The van der Waals surface area contributed by atoms with Crippen LogP contribution in [0.15, 0.2) is 69.3 Å². The first-order chi connectivity index (χ1) is 16.6. The third kappa shape index (κ3) is 5.08. The van der Waals surface area contributed by atoms with Crippen LogP contribution in [0, 0.1) is 24.0 Å². The molecule has 1 heterocycles. The second kappa shape index (κ2) is 9.55. The molecule has 0 unspecified atom stereocenters. The van der Waals surface area contributed by atoms with Gasteiger partial charge in [0.25, 0.3) is 5.91 Å². The van der Waals surface area contributed by atoms with E-state index in [1.54, 1.807) is 18.2 Å². The molecule has 0 spiro atoms. The summed E-state index contributed by atoms with van der Waals surface area (Å²) in [5.74, 6) is -0.435. The van der Waals surface area contributed by atoms with Crippen molar-refractivity contribution in [3.8, 4) is 5.75 Å². The van der Waals surface area contributed by atoms with Crippen LogP contribution in [-0.2, 0) is 20.4 Å². The van der Waals surface area contributed by atoms with Crippen LogP contribution in [0.5, 0.6) is 5.75 Å². The van der Waals surface area contributed by atoms with E-state index in [1.165, 1.54) is 43.1 Å². The average molecular weight is 511 g/mol. The minimum Gasteiger partial charge on any atom is -0.490 e.